The molecular formula is C21H18N6O. The number of nitrogens with one attached hydrogen (secondary N) is 2. The van der Waals surface area contributed by atoms with Crippen LogP contribution in [0.15, 0.2) is 67.1 Å². The molecule has 7 nitrogen and oxygen atoms in total. The molecule has 138 valence electrons. The van der Waals surface area contributed by atoms with Crippen LogP contribution in [0, 0.1) is 6.92 Å². The molecule has 28 heavy (non-hydrogen) atoms. The number of benzene rings is 1. The van der Waals surface area contributed by atoms with Gasteiger partial charge in [0.15, 0.2) is 0 Å². The van der Waals surface area contributed by atoms with E-state index in [1.807, 2.05) is 49.4 Å². The van der Waals surface area contributed by atoms with Gasteiger partial charge in [-0.15, -0.1) is 0 Å². The van der Waals surface area contributed by atoms with Crippen LogP contribution in [-0.4, -0.2) is 25.8 Å². The lowest BCUT2D eigenvalue weighted by Crippen LogP contribution is -2.24. The Bertz CT molecular complexity index is 1120. The van der Waals surface area contributed by atoms with E-state index in [1.165, 1.54) is 0 Å². The third-order valence-electron chi connectivity index (χ3n) is 4.17. The van der Waals surface area contributed by atoms with Gasteiger partial charge in [0.2, 0.25) is 5.95 Å². The fourth-order valence-electron chi connectivity index (χ4n) is 2.84. The first kappa shape index (κ1) is 17.5. The Morgan fingerprint density at radius 2 is 1.82 bits per heavy atom. The molecule has 0 radical (unpaired) electrons. The lowest BCUT2D eigenvalue weighted by Gasteiger charge is -2.10. The van der Waals surface area contributed by atoms with Crippen LogP contribution in [0.1, 0.15) is 21.7 Å². The highest BCUT2D eigenvalue weighted by atomic mass is 16.1. The number of hydrogen-bond acceptors (Lipinski definition) is 6. The second-order valence-corrected chi connectivity index (χ2v) is 6.26. The number of amides is 1. The molecule has 1 amide bonds. The number of carbonyl (C=O) groups excluding carboxylic acids is 1. The monoisotopic (exact) mass is 370 g/mol. The average molecular weight is 370 g/mol. The Hall–Kier alpha value is -3.87. The summed E-state index contributed by atoms with van der Waals surface area (Å²) in [4.78, 5) is 29.7. The maximum atomic E-state index is 12.5. The van der Waals surface area contributed by atoms with Gasteiger partial charge in [0.1, 0.15) is 5.69 Å². The van der Waals surface area contributed by atoms with Crippen molar-refractivity contribution >= 4 is 28.4 Å². The third kappa shape index (κ3) is 3.93. The van der Waals surface area contributed by atoms with E-state index >= 15 is 0 Å². The molecule has 0 fully saturated rings. The zero-order valence-electron chi connectivity index (χ0n) is 15.3. The van der Waals surface area contributed by atoms with Crippen LogP contribution >= 0.6 is 0 Å². The number of pyridine rings is 2. The number of para-hydroxylation sites is 1. The Morgan fingerprint density at radius 3 is 2.68 bits per heavy atom. The number of hydrogen-bond donors (Lipinski definition) is 2. The molecule has 0 aliphatic heterocycles. The summed E-state index contributed by atoms with van der Waals surface area (Å²) >= 11 is 0. The maximum absolute atomic E-state index is 12.5. The van der Waals surface area contributed by atoms with Crippen molar-refractivity contribution < 1.29 is 4.79 Å². The lowest BCUT2D eigenvalue weighted by molar-refractivity contribution is 0.0945. The minimum Gasteiger partial charge on any atom is -0.347 e. The van der Waals surface area contributed by atoms with Crippen LogP contribution in [0.4, 0.5) is 11.6 Å². The molecule has 4 rings (SSSR count). The highest BCUT2D eigenvalue weighted by Crippen LogP contribution is 2.23. The van der Waals surface area contributed by atoms with E-state index in [2.05, 4.69) is 30.6 Å². The van der Waals surface area contributed by atoms with E-state index in [0.29, 0.717) is 23.9 Å². The highest BCUT2D eigenvalue weighted by molar-refractivity contribution is 5.93. The predicted molar refractivity (Wildman–Crippen MR) is 107 cm³/mol. The molecular weight excluding hydrogens is 352 g/mol. The topological polar surface area (TPSA) is 92.7 Å². The molecule has 4 aromatic rings. The summed E-state index contributed by atoms with van der Waals surface area (Å²) in [7, 11) is 0. The van der Waals surface area contributed by atoms with Gasteiger partial charge in [0.25, 0.3) is 5.91 Å². The normalized spacial score (nSPS) is 10.6. The molecule has 7 heteroatoms. The standard InChI is InChI=1S/C21H18N6O/c1-14-12-18(20(28)24-13-15-7-10-22-11-8-15)27-21(25-14)26-17-6-2-4-16-5-3-9-23-19(16)17/h2-12H,13H2,1H3,(H,24,28)(H,25,26,27). The Labute approximate surface area is 161 Å². The summed E-state index contributed by atoms with van der Waals surface area (Å²) in [6.45, 7) is 2.23. The van der Waals surface area contributed by atoms with Crippen LogP contribution in [0.5, 0.6) is 0 Å². The van der Waals surface area contributed by atoms with Gasteiger partial charge in [-0.05, 0) is 42.8 Å². The molecule has 0 aliphatic carbocycles. The predicted octanol–water partition coefficient (Wildman–Crippen LogP) is 3.40. The number of anilines is 2. The summed E-state index contributed by atoms with van der Waals surface area (Å²) in [6.07, 6.45) is 5.12. The van der Waals surface area contributed by atoms with E-state index in [4.69, 9.17) is 0 Å². The van der Waals surface area contributed by atoms with Crippen molar-refractivity contribution in [1.82, 2.24) is 25.3 Å². The molecule has 3 heterocycles. The molecule has 0 bridgehead atoms. The van der Waals surface area contributed by atoms with Crippen LogP contribution in [0.25, 0.3) is 10.9 Å². The number of aryl methyl sites for hydroxylation is 1. The summed E-state index contributed by atoms with van der Waals surface area (Å²) in [5, 5.41) is 7.06. The fourth-order valence-corrected chi connectivity index (χ4v) is 2.84. The van der Waals surface area contributed by atoms with Gasteiger partial charge in [-0.2, -0.15) is 0 Å². The Balaban J connectivity index is 1.56. The third-order valence-corrected chi connectivity index (χ3v) is 4.17. The quantitative estimate of drug-likeness (QED) is 0.559. The summed E-state index contributed by atoms with van der Waals surface area (Å²) in [5.41, 5.74) is 3.57. The van der Waals surface area contributed by atoms with E-state index in [-0.39, 0.29) is 5.91 Å². The highest BCUT2D eigenvalue weighted by Gasteiger charge is 2.12. The zero-order valence-corrected chi connectivity index (χ0v) is 15.3. The summed E-state index contributed by atoms with van der Waals surface area (Å²) in [6, 6.07) is 15.1. The molecule has 0 aliphatic rings. The first-order chi connectivity index (χ1) is 13.7. The molecule has 0 atom stereocenters. The zero-order chi connectivity index (χ0) is 19.3. The molecule has 0 saturated carbocycles. The maximum Gasteiger partial charge on any atom is 0.270 e. The van der Waals surface area contributed by atoms with Gasteiger partial charge in [-0.1, -0.05) is 18.2 Å². The van der Waals surface area contributed by atoms with Crippen LogP contribution in [-0.2, 0) is 6.54 Å². The van der Waals surface area contributed by atoms with Crippen molar-refractivity contribution in [2.75, 3.05) is 5.32 Å². The van der Waals surface area contributed by atoms with Gasteiger partial charge in [0.05, 0.1) is 11.2 Å². The first-order valence-electron chi connectivity index (χ1n) is 8.82. The number of rotatable bonds is 5. The van der Waals surface area contributed by atoms with Crippen molar-refractivity contribution in [3.63, 3.8) is 0 Å². The van der Waals surface area contributed by atoms with Crippen LogP contribution in [0.2, 0.25) is 0 Å². The second-order valence-electron chi connectivity index (χ2n) is 6.26. The Morgan fingerprint density at radius 1 is 1.00 bits per heavy atom. The van der Waals surface area contributed by atoms with Crippen molar-refractivity contribution in [1.29, 1.82) is 0 Å². The van der Waals surface area contributed by atoms with E-state index in [0.717, 1.165) is 22.2 Å². The van der Waals surface area contributed by atoms with Crippen LogP contribution < -0.4 is 10.6 Å². The van der Waals surface area contributed by atoms with Crippen molar-refractivity contribution in [3.05, 3.63) is 84.1 Å². The molecule has 0 spiro atoms. The lowest BCUT2D eigenvalue weighted by atomic mass is 10.2. The van der Waals surface area contributed by atoms with Crippen molar-refractivity contribution in [2.24, 2.45) is 0 Å². The summed E-state index contributed by atoms with van der Waals surface area (Å²) < 4.78 is 0. The fraction of sp³-hybridized carbons (Fsp3) is 0.0952. The minimum atomic E-state index is -0.263. The van der Waals surface area contributed by atoms with Crippen molar-refractivity contribution in [3.8, 4) is 0 Å². The average Bonchev–Trinajstić information content (AvgIpc) is 2.72. The van der Waals surface area contributed by atoms with E-state index in [9.17, 15) is 4.79 Å². The van der Waals surface area contributed by atoms with Gasteiger partial charge in [0, 0.05) is 36.2 Å². The van der Waals surface area contributed by atoms with Gasteiger partial charge < -0.3 is 10.6 Å². The largest absolute Gasteiger partial charge is 0.347 e. The summed E-state index contributed by atoms with van der Waals surface area (Å²) in [5.74, 6) is 0.0913. The molecule has 1 aromatic carbocycles. The van der Waals surface area contributed by atoms with E-state index in [1.54, 1.807) is 24.7 Å². The number of fused-ring (bicyclic) bond motifs is 1. The van der Waals surface area contributed by atoms with Gasteiger partial charge >= 0.3 is 0 Å². The molecule has 3 aromatic heterocycles. The second kappa shape index (κ2) is 7.79. The number of nitrogens with zero attached hydrogens (tertiary/aromatic N) is 4. The van der Waals surface area contributed by atoms with Crippen LogP contribution in [0.3, 0.4) is 0 Å². The molecule has 0 saturated heterocycles. The minimum absolute atomic E-state index is 0.263. The number of aromatic nitrogens is 4. The van der Waals surface area contributed by atoms with Gasteiger partial charge in [-0.3, -0.25) is 14.8 Å². The van der Waals surface area contributed by atoms with Crippen molar-refractivity contribution in [2.45, 2.75) is 13.5 Å². The first-order valence-corrected chi connectivity index (χ1v) is 8.82. The SMILES string of the molecule is Cc1cc(C(=O)NCc2ccncc2)nc(Nc2cccc3cccnc23)n1. The van der Waals surface area contributed by atoms with Gasteiger partial charge in [-0.25, -0.2) is 9.97 Å². The smallest absolute Gasteiger partial charge is 0.270 e. The Kier molecular flexibility index (Phi) is 4.88. The number of carbonyl (C=O) groups is 1. The molecule has 0 unspecified atom stereocenters. The van der Waals surface area contributed by atoms with E-state index < -0.39 is 0 Å². The molecule has 2 N–H and O–H groups in total.